The molecule has 2 aromatic carbocycles. The zero-order valence-corrected chi connectivity index (χ0v) is 31.8. The Morgan fingerprint density at radius 1 is 0.957 bits per heavy atom. The fourth-order valence-electron chi connectivity index (χ4n) is 7.36. The van der Waals surface area contributed by atoms with Gasteiger partial charge in [-0.25, -0.2) is 4.79 Å². The van der Waals surface area contributed by atoms with Gasteiger partial charge >= 0.3 is 5.97 Å². The summed E-state index contributed by atoms with van der Waals surface area (Å²) in [5, 5.41) is 2.45. The highest BCUT2D eigenvalue weighted by Crippen LogP contribution is 2.38. The summed E-state index contributed by atoms with van der Waals surface area (Å²) < 4.78 is 24.6. The summed E-state index contributed by atoms with van der Waals surface area (Å²) in [7, 11) is 0.522. The summed E-state index contributed by atoms with van der Waals surface area (Å²) in [4.78, 5) is 12.0. The molecule has 0 aromatic heterocycles. The van der Waals surface area contributed by atoms with E-state index in [4.69, 9.17) is 18.6 Å². The van der Waals surface area contributed by atoms with Gasteiger partial charge in [-0.3, -0.25) is 0 Å². The number of methoxy groups -OCH3 is 2. The van der Waals surface area contributed by atoms with E-state index in [1.165, 1.54) is 23.1 Å². The third kappa shape index (κ3) is 9.88. The number of rotatable bonds is 14. The molecule has 0 saturated carbocycles. The van der Waals surface area contributed by atoms with E-state index in [-0.39, 0.29) is 35.2 Å². The van der Waals surface area contributed by atoms with Crippen molar-refractivity contribution in [3.8, 4) is 0 Å². The van der Waals surface area contributed by atoms with Gasteiger partial charge in [0.1, 0.15) is 0 Å². The number of carbonyl (C=O) groups excluding carboxylic acids is 1. The number of esters is 1. The van der Waals surface area contributed by atoms with Crippen LogP contribution in [0.5, 0.6) is 0 Å². The number of hydrogen-bond acceptors (Lipinski definition) is 5. The minimum atomic E-state index is -2.70. The van der Waals surface area contributed by atoms with Crippen molar-refractivity contribution >= 4 is 24.7 Å². The second-order valence-corrected chi connectivity index (χ2v) is 18.9. The molecule has 258 valence electrons. The fourth-order valence-corrected chi connectivity index (χ4v) is 12.1. The SMILES string of the molecule is COC(=O)[C@H]1CC[C@H](C)[C@@H](/C(C)=C/C=C/[C@@H](C)C/C(C)=C/[C@H](C)[C@@H](OC)[C@H](C)O[Si](c2ccccc2)(c2ccccc2)C(C)(C)C)O1. The van der Waals surface area contributed by atoms with Crippen LogP contribution in [0.2, 0.25) is 5.04 Å². The van der Waals surface area contributed by atoms with E-state index in [0.717, 1.165) is 18.4 Å². The van der Waals surface area contributed by atoms with Gasteiger partial charge in [-0.2, -0.15) is 0 Å². The molecular weight excluding hydrogens is 601 g/mol. The molecule has 5 nitrogen and oxygen atoms in total. The number of ether oxygens (including phenoxy) is 3. The lowest BCUT2D eigenvalue weighted by molar-refractivity contribution is -0.163. The Morgan fingerprint density at radius 3 is 2.04 bits per heavy atom. The molecule has 0 spiro atoms. The predicted molar refractivity (Wildman–Crippen MR) is 198 cm³/mol. The van der Waals surface area contributed by atoms with Crippen LogP contribution in [0, 0.1) is 17.8 Å². The Labute approximate surface area is 286 Å². The van der Waals surface area contributed by atoms with E-state index in [1.54, 1.807) is 7.11 Å². The molecule has 47 heavy (non-hydrogen) atoms. The molecule has 3 rings (SSSR count). The van der Waals surface area contributed by atoms with Crippen LogP contribution in [0.15, 0.2) is 96.1 Å². The molecule has 1 fully saturated rings. The van der Waals surface area contributed by atoms with Crippen LogP contribution in [-0.2, 0) is 23.4 Å². The number of allylic oxidation sites excluding steroid dienone is 4. The van der Waals surface area contributed by atoms with Gasteiger partial charge in [0.15, 0.2) is 6.10 Å². The fraction of sp³-hybridized carbons (Fsp3) is 0.537. The zero-order chi connectivity index (χ0) is 34.8. The summed E-state index contributed by atoms with van der Waals surface area (Å²) in [6.45, 7) is 20.1. The molecular formula is C41H60O5Si. The first-order chi connectivity index (χ1) is 22.2. The third-order valence-electron chi connectivity index (χ3n) is 9.65. The second-order valence-electron chi connectivity index (χ2n) is 14.7. The van der Waals surface area contributed by atoms with Crippen molar-refractivity contribution in [3.05, 3.63) is 96.1 Å². The maximum Gasteiger partial charge on any atom is 0.335 e. The molecule has 0 radical (unpaired) electrons. The standard InChI is InChI=1S/C41H60O5Si/c1-29(19-18-20-31(3)38-32(4)25-26-37(45-38)40(42)44-11)27-30(2)28-33(5)39(43-10)34(6)46-47(41(7,8)9,35-21-14-12-15-22-35)36-23-16-13-17-24-36/h12-24,28-29,32-34,37-39H,25-27H2,1-11H3/b19-18+,30-28+,31-20+/t29-,32+,33+,34+,37-,38-,39-/m1/s1. The number of carbonyl (C=O) groups is 1. The van der Waals surface area contributed by atoms with E-state index in [0.29, 0.717) is 18.3 Å². The van der Waals surface area contributed by atoms with Crippen LogP contribution in [0.3, 0.4) is 0 Å². The van der Waals surface area contributed by atoms with Crippen molar-refractivity contribution in [2.75, 3.05) is 14.2 Å². The van der Waals surface area contributed by atoms with E-state index >= 15 is 0 Å². The topological polar surface area (TPSA) is 54.0 Å². The van der Waals surface area contributed by atoms with Gasteiger partial charge in [-0.1, -0.05) is 132 Å². The van der Waals surface area contributed by atoms with Crippen LogP contribution in [0.1, 0.15) is 81.6 Å². The molecule has 1 saturated heterocycles. The first-order valence-electron chi connectivity index (χ1n) is 17.3. The van der Waals surface area contributed by atoms with Gasteiger partial charge in [0.25, 0.3) is 8.32 Å². The summed E-state index contributed by atoms with van der Waals surface area (Å²) in [6.07, 6.45) is 10.7. The number of hydrogen-bond donors (Lipinski definition) is 0. The molecule has 0 amide bonds. The van der Waals surface area contributed by atoms with Crippen LogP contribution >= 0.6 is 0 Å². The highest BCUT2D eigenvalue weighted by atomic mass is 28.4. The van der Waals surface area contributed by atoms with Crippen molar-refractivity contribution in [2.45, 2.75) is 111 Å². The minimum Gasteiger partial charge on any atom is -0.467 e. The highest BCUT2D eigenvalue weighted by Gasteiger charge is 2.52. The summed E-state index contributed by atoms with van der Waals surface area (Å²) >= 11 is 0. The van der Waals surface area contributed by atoms with Crippen molar-refractivity contribution in [2.24, 2.45) is 17.8 Å². The van der Waals surface area contributed by atoms with Crippen LogP contribution in [-0.4, -0.2) is 52.9 Å². The lowest BCUT2D eigenvalue weighted by atomic mass is 9.89. The van der Waals surface area contributed by atoms with E-state index < -0.39 is 14.4 Å². The zero-order valence-electron chi connectivity index (χ0n) is 30.8. The smallest absolute Gasteiger partial charge is 0.335 e. The molecule has 1 aliphatic heterocycles. The van der Waals surface area contributed by atoms with Crippen molar-refractivity contribution in [1.29, 1.82) is 0 Å². The average molecular weight is 661 g/mol. The van der Waals surface area contributed by atoms with E-state index in [9.17, 15) is 4.79 Å². The predicted octanol–water partition coefficient (Wildman–Crippen LogP) is 8.43. The molecule has 0 aliphatic carbocycles. The quantitative estimate of drug-likeness (QED) is 0.0881. The molecule has 6 heteroatoms. The Bertz CT molecular complexity index is 1300. The van der Waals surface area contributed by atoms with Crippen LogP contribution in [0.4, 0.5) is 0 Å². The summed E-state index contributed by atoms with van der Waals surface area (Å²) in [5.41, 5.74) is 2.47. The average Bonchev–Trinajstić information content (AvgIpc) is 3.03. The molecule has 2 aromatic rings. The lowest BCUT2D eigenvalue weighted by Gasteiger charge is -2.46. The molecule has 0 bridgehead atoms. The van der Waals surface area contributed by atoms with Crippen molar-refractivity contribution in [3.63, 3.8) is 0 Å². The Morgan fingerprint density at radius 2 is 1.53 bits per heavy atom. The monoisotopic (exact) mass is 660 g/mol. The molecule has 1 heterocycles. The Kier molecular flexibility index (Phi) is 14.5. The Hall–Kier alpha value is -2.77. The van der Waals surface area contributed by atoms with Gasteiger partial charge in [-0.15, -0.1) is 0 Å². The maximum atomic E-state index is 12.0. The van der Waals surface area contributed by atoms with E-state index in [1.807, 2.05) is 0 Å². The number of benzene rings is 2. The van der Waals surface area contributed by atoms with Crippen LogP contribution < -0.4 is 10.4 Å². The lowest BCUT2D eigenvalue weighted by Crippen LogP contribution is -2.68. The molecule has 0 unspecified atom stereocenters. The van der Waals surface area contributed by atoms with Gasteiger partial charge < -0.3 is 18.6 Å². The maximum absolute atomic E-state index is 12.0. The summed E-state index contributed by atoms with van der Waals surface area (Å²) in [6, 6.07) is 21.6. The minimum absolute atomic E-state index is 0.0747. The largest absolute Gasteiger partial charge is 0.467 e. The normalized spacial score (nSPS) is 22.5. The first kappa shape index (κ1) is 38.7. The first-order valence-corrected chi connectivity index (χ1v) is 19.2. The van der Waals surface area contributed by atoms with E-state index in [2.05, 4.69) is 147 Å². The van der Waals surface area contributed by atoms with Gasteiger partial charge in [0.05, 0.1) is 25.4 Å². The van der Waals surface area contributed by atoms with Crippen molar-refractivity contribution < 1.29 is 23.4 Å². The highest BCUT2D eigenvalue weighted by molar-refractivity contribution is 6.99. The third-order valence-corrected chi connectivity index (χ3v) is 14.8. The molecule has 7 atom stereocenters. The van der Waals surface area contributed by atoms with Gasteiger partial charge in [0, 0.05) is 13.0 Å². The van der Waals surface area contributed by atoms with Crippen LogP contribution in [0.25, 0.3) is 0 Å². The molecule has 1 aliphatic rings. The summed E-state index contributed by atoms with van der Waals surface area (Å²) in [5.74, 6) is 0.609. The van der Waals surface area contributed by atoms with Gasteiger partial charge in [0.2, 0.25) is 0 Å². The second kappa shape index (κ2) is 17.6. The van der Waals surface area contributed by atoms with Crippen molar-refractivity contribution in [1.82, 2.24) is 0 Å². The Balaban J connectivity index is 1.73. The van der Waals surface area contributed by atoms with Gasteiger partial charge in [-0.05, 0) is 72.9 Å². The molecule has 0 N–H and O–H groups in total.